The molecule has 228 valence electrons. The van der Waals surface area contributed by atoms with Crippen molar-refractivity contribution in [3.05, 3.63) is 164 Å². The van der Waals surface area contributed by atoms with Gasteiger partial charge in [-0.1, -0.05) is 140 Å². The van der Waals surface area contributed by atoms with Gasteiger partial charge in [0.15, 0.2) is 17.5 Å². The minimum Gasteiger partial charge on any atom is -0.455 e. The minimum atomic E-state index is 0.605. The molecule has 10 rings (SSSR count). The van der Waals surface area contributed by atoms with Crippen LogP contribution in [0.5, 0.6) is 0 Å². The minimum absolute atomic E-state index is 0.605. The SMILES string of the molecule is c1ccc(-c2ccc3ccc(-c4nc(-c5ccccc5)nc(-c5cc6ccc7ccccc7c6c6oc7ccccc7c56)n4)cc3c2)cc1. The first-order valence-electron chi connectivity index (χ1n) is 16.4. The monoisotopic (exact) mass is 625 g/mol. The molecule has 2 aromatic heterocycles. The number of para-hydroxylation sites is 1. The molecular formula is C45H27N3O. The average Bonchev–Trinajstić information content (AvgIpc) is 3.57. The highest BCUT2D eigenvalue weighted by Gasteiger charge is 2.21. The van der Waals surface area contributed by atoms with Gasteiger partial charge in [0.1, 0.15) is 11.2 Å². The van der Waals surface area contributed by atoms with Crippen molar-refractivity contribution in [2.75, 3.05) is 0 Å². The molecule has 10 aromatic rings. The Morgan fingerprint density at radius 3 is 1.76 bits per heavy atom. The lowest BCUT2D eigenvalue weighted by atomic mass is 9.95. The smallest absolute Gasteiger partial charge is 0.164 e. The van der Waals surface area contributed by atoms with Gasteiger partial charge in [-0.2, -0.15) is 0 Å². The molecule has 0 amide bonds. The van der Waals surface area contributed by atoms with Crippen molar-refractivity contribution >= 4 is 54.3 Å². The van der Waals surface area contributed by atoms with Gasteiger partial charge in [-0.15, -0.1) is 0 Å². The van der Waals surface area contributed by atoms with Crippen LogP contribution in [0.25, 0.3) is 99.5 Å². The van der Waals surface area contributed by atoms with Crippen molar-refractivity contribution in [2.24, 2.45) is 0 Å². The van der Waals surface area contributed by atoms with Crippen LogP contribution in [0.1, 0.15) is 0 Å². The first-order valence-corrected chi connectivity index (χ1v) is 16.4. The summed E-state index contributed by atoms with van der Waals surface area (Å²) in [6, 6.07) is 56.9. The standard InChI is InChI=1S/C45H27N3O/c1-3-11-28(12-4-1)32-22-19-29-20-24-34(26-35(29)25-32)44-46-43(31-14-5-2-6-15-31)47-45(48-44)38-27-33-23-21-30-13-7-8-16-36(30)40(33)42-41(38)37-17-9-10-18-39(37)49-42/h1-27H. The third kappa shape index (κ3) is 4.57. The van der Waals surface area contributed by atoms with Crippen molar-refractivity contribution in [3.8, 4) is 45.3 Å². The van der Waals surface area contributed by atoms with E-state index in [1.165, 1.54) is 16.5 Å². The number of hydrogen-bond donors (Lipinski definition) is 0. The predicted molar refractivity (Wildman–Crippen MR) is 201 cm³/mol. The number of nitrogens with zero attached hydrogens (tertiary/aromatic N) is 3. The molecule has 0 fully saturated rings. The number of rotatable bonds is 4. The Bertz CT molecular complexity index is 2880. The Kier molecular flexibility index (Phi) is 6.15. The molecule has 0 unspecified atom stereocenters. The summed E-state index contributed by atoms with van der Waals surface area (Å²) in [6.07, 6.45) is 0. The normalized spacial score (nSPS) is 11.7. The zero-order valence-corrected chi connectivity index (χ0v) is 26.3. The maximum Gasteiger partial charge on any atom is 0.164 e. The van der Waals surface area contributed by atoms with Gasteiger partial charge in [-0.05, 0) is 62.3 Å². The van der Waals surface area contributed by atoms with Crippen molar-refractivity contribution in [2.45, 2.75) is 0 Å². The lowest BCUT2D eigenvalue weighted by Gasteiger charge is -2.12. The Balaban J connectivity index is 1.25. The number of benzene rings is 8. The van der Waals surface area contributed by atoms with Gasteiger partial charge in [0.2, 0.25) is 0 Å². The Labute approximate surface area is 282 Å². The second-order valence-electron chi connectivity index (χ2n) is 12.4. The van der Waals surface area contributed by atoms with Crippen molar-refractivity contribution in [3.63, 3.8) is 0 Å². The summed E-state index contributed by atoms with van der Waals surface area (Å²) >= 11 is 0. The van der Waals surface area contributed by atoms with Gasteiger partial charge >= 0.3 is 0 Å². The van der Waals surface area contributed by atoms with E-state index in [0.717, 1.165) is 65.6 Å². The molecule has 49 heavy (non-hydrogen) atoms. The molecule has 4 nitrogen and oxygen atoms in total. The number of aromatic nitrogens is 3. The second kappa shape index (κ2) is 11.0. The van der Waals surface area contributed by atoms with Crippen LogP contribution in [-0.2, 0) is 0 Å². The highest BCUT2D eigenvalue weighted by molar-refractivity contribution is 6.26. The van der Waals surface area contributed by atoms with E-state index in [1.807, 2.05) is 48.5 Å². The molecular weight excluding hydrogens is 599 g/mol. The number of fused-ring (bicyclic) bond motifs is 8. The maximum absolute atomic E-state index is 6.69. The van der Waals surface area contributed by atoms with Gasteiger partial charge < -0.3 is 4.42 Å². The van der Waals surface area contributed by atoms with Gasteiger partial charge in [0, 0.05) is 32.8 Å². The van der Waals surface area contributed by atoms with E-state index in [0.29, 0.717) is 17.5 Å². The zero-order valence-electron chi connectivity index (χ0n) is 26.3. The highest BCUT2D eigenvalue weighted by atomic mass is 16.3. The van der Waals surface area contributed by atoms with Crippen LogP contribution in [0, 0.1) is 0 Å². The fourth-order valence-electron chi connectivity index (χ4n) is 7.09. The summed E-state index contributed by atoms with van der Waals surface area (Å²) in [5.41, 5.74) is 6.80. The van der Waals surface area contributed by atoms with E-state index in [9.17, 15) is 0 Å². The molecule has 0 saturated heterocycles. The summed E-state index contributed by atoms with van der Waals surface area (Å²) < 4.78 is 6.69. The summed E-state index contributed by atoms with van der Waals surface area (Å²) in [6.45, 7) is 0. The molecule has 0 radical (unpaired) electrons. The molecule has 4 heteroatoms. The Hall–Kier alpha value is -6.65. The van der Waals surface area contributed by atoms with Gasteiger partial charge in [-0.3, -0.25) is 0 Å². The van der Waals surface area contributed by atoms with Crippen LogP contribution in [-0.4, -0.2) is 15.0 Å². The summed E-state index contributed by atoms with van der Waals surface area (Å²) in [5, 5.41) is 8.81. The third-order valence-corrected chi connectivity index (χ3v) is 9.47. The molecule has 0 atom stereocenters. The first kappa shape index (κ1) is 27.5. The predicted octanol–water partition coefficient (Wildman–Crippen LogP) is 11.9. The summed E-state index contributed by atoms with van der Waals surface area (Å²) in [4.78, 5) is 15.5. The van der Waals surface area contributed by atoms with Gasteiger partial charge in [0.05, 0.1) is 0 Å². The quantitative estimate of drug-likeness (QED) is 0.183. The van der Waals surface area contributed by atoms with E-state index in [-0.39, 0.29) is 0 Å². The average molecular weight is 626 g/mol. The van der Waals surface area contributed by atoms with Crippen molar-refractivity contribution < 1.29 is 4.42 Å². The fourth-order valence-corrected chi connectivity index (χ4v) is 7.09. The third-order valence-electron chi connectivity index (χ3n) is 9.47. The lowest BCUT2D eigenvalue weighted by Crippen LogP contribution is -2.00. The molecule has 0 saturated carbocycles. The molecule has 0 aliphatic rings. The van der Waals surface area contributed by atoms with E-state index in [4.69, 9.17) is 19.4 Å². The topological polar surface area (TPSA) is 51.8 Å². The molecule has 8 aromatic carbocycles. The van der Waals surface area contributed by atoms with Gasteiger partial charge in [-0.25, -0.2) is 15.0 Å². The molecule has 0 N–H and O–H groups in total. The molecule has 2 heterocycles. The Morgan fingerprint density at radius 2 is 0.939 bits per heavy atom. The summed E-state index contributed by atoms with van der Waals surface area (Å²) in [7, 11) is 0. The molecule has 0 aliphatic heterocycles. The molecule has 0 bridgehead atoms. The Morgan fingerprint density at radius 1 is 0.347 bits per heavy atom. The van der Waals surface area contributed by atoms with Crippen molar-refractivity contribution in [1.82, 2.24) is 15.0 Å². The van der Waals surface area contributed by atoms with Crippen LogP contribution in [0.4, 0.5) is 0 Å². The highest BCUT2D eigenvalue weighted by Crippen LogP contribution is 2.43. The van der Waals surface area contributed by atoms with E-state index >= 15 is 0 Å². The lowest BCUT2D eigenvalue weighted by molar-refractivity contribution is 0.673. The van der Waals surface area contributed by atoms with E-state index in [1.54, 1.807) is 0 Å². The van der Waals surface area contributed by atoms with Crippen LogP contribution in [0.2, 0.25) is 0 Å². The molecule has 0 aliphatic carbocycles. The van der Waals surface area contributed by atoms with E-state index < -0.39 is 0 Å². The van der Waals surface area contributed by atoms with Gasteiger partial charge in [0.25, 0.3) is 0 Å². The summed E-state index contributed by atoms with van der Waals surface area (Å²) in [5.74, 6) is 1.85. The van der Waals surface area contributed by atoms with Crippen molar-refractivity contribution in [1.29, 1.82) is 0 Å². The van der Waals surface area contributed by atoms with E-state index in [2.05, 4.69) is 115 Å². The second-order valence-corrected chi connectivity index (χ2v) is 12.4. The number of furan rings is 1. The van der Waals surface area contributed by atoms with Crippen LogP contribution in [0.3, 0.4) is 0 Å². The molecule has 0 spiro atoms. The fraction of sp³-hybridized carbons (Fsp3) is 0. The first-order chi connectivity index (χ1) is 24.3. The maximum atomic E-state index is 6.69. The number of hydrogen-bond acceptors (Lipinski definition) is 4. The van der Waals surface area contributed by atoms with Crippen LogP contribution in [0.15, 0.2) is 168 Å². The largest absolute Gasteiger partial charge is 0.455 e. The van der Waals surface area contributed by atoms with Crippen LogP contribution >= 0.6 is 0 Å². The zero-order chi connectivity index (χ0) is 32.3. The van der Waals surface area contributed by atoms with Crippen LogP contribution < -0.4 is 0 Å².